The fourth-order valence-corrected chi connectivity index (χ4v) is 2.58. The van der Waals surface area contributed by atoms with Gasteiger partial charge in [0.2, 0.25) is 0 Å². The van der Waals surface area contributed by atoms with E-state index in [1.165, 1.54) is 83.5 Å². The molecule has 3 N–H and O–H groups in total. The van der Waals surface area contributed by atoms with Crippen LogP contribution in [0.5, 0.6) is 0 Å². The molecule has 0 rings (SSSR count). The maximum Gasteiger partial charge on any atom is 0.128 e. The number of hydrogen-bond acceptors (Lipinski definition) is 3. The molecule has 0 fully saturated rings. The standard InChI is InChI=1S/C18H39NO2/c1-2-3-4-5-6-7-8-9-10-11-12-13-14-15-16-21-18(19)17-20/h18,20H,2-17,19H2,1H3. The molecule has 0 radical (unpaired) electrons. The average Bonchev–Trinajstić information content (AvgIpc) is 2.50. The Balaban J connectivity index is 2.96. The third-order valence-corrected chi connectivity index (χ3v) is 4.01. The Morgan fingerprint density at radius 1 is 0.714 bits per heavy atom. The molecule has 0 amide bonds. The van der Waals surface area contributed by atoms with Crippen molar-refractivity contribution >= 4 is 0 Å². The molecule has 0 aliphatic rings. The minimum absolute atomic E-state index is 0.0847. The molecule has 0 aromatic carbocycles. The van der Waals surface area contributed by atoms with Crippen molar-refractivity contribution in [3.8, 4) is 0 Å². The van der Waals surface area contributed by atoms with E-state index in [2.05, 4.69) is 6.92 Å². The van der Waals surface area contributed by atoms with Crippen LogP contribution in [0.3, 0.4) is 0 Å². The summed E-state index contributed by atoms with van der Waals surface area (Å²) in [6, 6.07) is 0. The minimum atomic E-state index is -0.494. The Morgan fingerprint density at radius 2 is 1.10 bits per heavy atom. The van der Waals surface area contributed by atoms with Crippen LogP contribution in [0.2, 0.25) is 0 Å². The van der Waals surface area contributed by atoms with Gasteiger partial charge < -0.3 is 15.6 Å². The molecule has 0 spiro atoms. The monoisotopic (exact) mass is 301 g/mol. The molecule has 0 aliphatic heterocycles. The fourth-order valence-electron chi connectivity index (χ4n) is 2.58. The Morgan fingerprint density at radius 3 is 1.48 bits per heavy atom. The van der Waals surface area contributed by atoms with E-state index in [0.717, 1.165) is 6.42 Å². The fraction of sp³-hybridized carbons (Fsp3) is 1.00. The Bertz CT molecular complexity index is 188. The number of rotatable bonds is 17. The van der Waals surface area contributed by atoms with Crippen LogP contribution in [0.1, 0.15) is 96.8 Å². The summed E-state index contributed by atoms with van der Waals surface area (Å²) in [5, 5.41) is 8.70. The highest BCUT2D eigenvalue weighted by Crippen LogP contribution is 2.12. The molecule has 128 valence electrons. The molecule has 0 aromatic heterocycles. The lowest BCUT2D eigenvalue weighted by Gasteiger charge is -2.09. The first-order chi connectivity index (χ1) is 10.3. The van der Waals surface area contributed by atoms with Crippen molar-refractivity contribution in [3.05, 3.63) is 0 Å². The molecule has 0 aliphatic carbocycles. The molecule has 1 atom stereocenters. The van der Waals surface area contributed by atoms with Crippen LogP contribution in [0, 0.1) is 0 Å². The zero-order valence-corrected chi connectivity index (χ0v) is 14.3. The summed E-state index contributed by atoms with van der Waals surface area (Å²) in [7, 11) is 0. The summed E-state index contributed by atoms with van der Waals surface area (Å²) in [5.74, 6) is 0. The minimum Gasteiger partial charge on any atom is -0.392 e. The molecule has 3 heteroatoms. The smallest absolute Gasteiger partial charge is 0.128 e. The van der Waals surface area contributed by atoms with Gasteiger partial charge in [-0.1, -0.05) is 90.4 Å². The Labute approximate surface area is 132 Å². The quantitative estimate of drug-likeness (QED) is 0.301. The van der Waals surface area contributed by atoms with E-state index in [1.54, 1.807) is 0 Å². The normalized spacial score (nSPS) is 12.7. The average molecular weight is 302 g/mol. The van der Waals surface area contributed by atoms with Crippen LogP contribution in [-0.2, 0) is 4.74 Å². The molecule has 0 aromatic rings. The van der Waals surface area contributed by atoms with Crippen LogP contribution < -0.4 is 5.73 Å². The highest BCUT2D eigenvalue weighted by atomic mass is 16.5. The van der Waals surface area contributed by atoms with Crippen LogP contribution in [0.25, 0.3) is 0 Å². The van der Waals surface area contributed by atoms with Crippen molar-refractivity contribution in [2.75, 3.05) is 13.2 Å². The van der Waals surface area contributed by atoms with Gasteiger partial charge in [0.1, 0.15) is 6.23 Å². The van der Waals surface area contributed by atoms with Crippen molar-refractivity contribution in [3.63, 3.8) is 0 Å². The molecular formula is C18H39NO2. The third-order valence-electron chi connectivity index (χ3n) is 4.01. The van der Waals surface area contributed by atoms with Crippen LogP contribution in [-0.4, -0.2) is 24.5 Å². The first kappa shape index (κ1) is 20.9. The summed E-state index contributed by atoms with van der Waals surface area (Å²) >= 11 is 0. The highest BCUT2D eigenvalue weighted by Gasteiger charge is 1.98. The number of unbranched alkanes of at least 4 members (excludes halogenated alkanes) is 13. The molecule has 1 unspecified atom stereocenters. The number of aliphatic hydroxyl groups excluding tert-OH is 1. The largest absolute Gasteiger partial charge is 0.392 e. The van der Waals surface area contributed by atoms with Gasteiger partial charge in [-0.15, -0.1) is 0 Å². The summed E-state index contributed by atoms with van der Waals surface area (Å²) < 4.78 is 5.23. The van der Waals surface area contributed by atoms with Crippen molar-refractivity contribution < 1.29 is 9.84 Å². The van der Waals surface area contributed by atoms with Gasteiger partial charge in [-0.2, -0.15) is 0 Å². The predicted molar refractivity (Wildman–Crippen MR) is 91.3 cm³/mol. The van der Waals surface area contributed by atoms with Gasteiger partial charge in [-0.3, -0.25) is 0 Å². The van der Waals surface area contributed by atoms with E-state index in [-0.39, 0.29) is 6.61 Å². The first-order valence-electron chi connectivity index (χ1n) is 9.29. The zero-order valence-electron chi connectivity index (χ0n) is 14.3. The van der Waals surface area contributed by atoms with Gasteiger partial charge in [0.15, 0.2) is 0 Å². The molecule has 21 heavy (non-hydrogen) atoms. The van der Waals surface area contributed by atoms with E-state index in [1.807, 2.05) is 0 Å². The Kier molecular flexibility index (Phi) is 17.8. The lowest BCUT2D eigenvalue weighted by Crippen LogP contribution is -2.28. The van der Waals surface area contributed by atoms with Crippen molar-refractivity contribution in [1.82, 2.24) is 0 Å². The van der Waals surface area contributed by atoms with Gasteiger partial charge in [-0.05, 0) is 6.42 Å². The second-order valence-electron chi connectivity index (χ2n) is 6.19. The van der Waals surface area contributed by atoms with Crippen molar-refractivity contribution in [1.29, 1.82) is 0 Å². The summed E-state index contributed by atoms with van der Waals surface area (Å²) in [5.41, 5.74) is 5.45. The highest BCUT2D eigenvalue weighted by molar-refractivity contribution is 4.50. The first-order valence-corrected chi connectivity index (χ1v) is 9.29. The lowest BCUT2D eigenvalue weighted by atomic mass is 10.0. The summed E-state index contributed by atoms with van der Waals surface area (Å²) in [6.07, 6.45) is 18.6. The molecule has 0 saturated carbocycles. The number of hydrogen-bond donors (Lipinski definition) is 2. The van der Waals surface area contributed by atoms with Crippen LogP contribution in [0.4, 0.5) is 0 Å². The van der Waals surface area contributed by atoms with E-state index in [9.17, 15) is 0 Å². The second-order valence-corrected chi connectivity index (χ2v) is 6.19. The lowest BCUT2D eigenvalue weighted by molar-refractivity contribution is 0.0154. The van der Waals surface area contributed by atoms with Crippen molar-refractivity contribution in [2.45, 2.75) is 103 Å². The van der Waals surface area contributed by atoms with E-state index in [0.29, 0.717) is 6.61 Å². The molecular weight excluding hydrogens is 262 g/mol. The molecule has 3 nitrogen and oxygen atoms in total. The van der Waals surface area contributed by atoms with Gasteiger partial charge in [0.25, 0.3) is 0 Å². The molecule has 0 heterocycles. The van der Waals surface area contributed by atoms with Crippen molar-refractivity contribution in [2.24, 2.45) is 5.73 Å². The number of nitrogens with two attached hydrogens (primary N) is 1. The van der Waals surface area contributed by atoms with Gasteiger partial charge in [0, 0.05) is 6.61 Å². The van der Waals surface area contributed by atoms with Gasteiger partial charge in [-0.25, -0.2) is 0 Å². The number of aliphatic hydroxyl groups is 1. The summed E-state index contributed by atoms with van der Waals surface area (Å²) in [4.78, 5) is 0. The van der Waals surface area contributed by atoms with Crippen LogP contribution in [0.15, 0.2) is 0 Å². The number of ether oxygens (including phenoxy) is 1. The van der Waals surface area contributed by atoms with Gasteiger partial charge in [0.05, 0.1) is 6.61 Å². The predicted octanol–water partition coefficient (Wildman–Crippen LogP) is 4.76. The topological polar surface area (TPSA) is 55.5 Å². The van der Waals surface area contributed by atoms with E-state index in [4.69, 9.17) is 15.6 Å². The third kappa shape index (κ3) is 17.8. The SMILES string of the molecule is CCCCCCCCCCCCCCCCOC(N)CO. The molecule has 0 saturated heterocycles. The van der Waals surface area contributed by atoms with E-state index < -0.39 is 6.23 Å². The zero-order chi connectivity index (χ0) is 15.6. The second kappa shape index (κ2) is 17.9. The maximum atomic E-state index is 8.70. The Hall–Kier alpha value is -0.120. The van der Waals surface area contributed by atoms with Gasteiger partial charge >= 0.3 is 0 Å². The maximum absolute atomic E-state index is 8.70. The van der Waals surface area contributed by atoms with Crippen LogP contribution >= 0.6 is 0 Å². The van der Waals surface area contributed by atoms with E-state index >= 15 is 0 Å². The summed E-state index contributed by atoms with van der Waals surface area (Å²) in [6.45, 7) is 2.87. The molecule has 0 bridgehead atoms.